The molecule has 0 aromatic heterocycles. The summed E-state index contributed by atoms with van der Waals surface area (Å²) >= 11 is 0. The lowest BCUT2D eigenvalue weighted by Crippen LogP contribution is -2.43. The zero-order valence-corrected chi connectivity index (χ0v) is 14.0. The molecule has 2 aromatic rings. The number of nitro benzene ring substituents is 1. The third kappa shape index (κ3) is 4.84. The number of nitro groups is 1. The summed E-state index contributed by atoms with van der Waals surface area (Å²) in [6.07, 6.45) is 0. The van der Waals surface area contributed by atoms with Gasteiger partial charge in [0, 0.05) is 5.56 Å². The first-order valence-corrected chi connectivity index (χ1v) is 7.56. The third-order valence-corrected chi connectivity index (χ3v) is 3.41. The van der Waals surface area contributed by atoms with Gasteiger partial charge in [-0.1, -0.05) is 24.3 Å². The van der Waals surface area contributed by atoms with Crippen LogP contribution in [-0.4, -0.2) is 29.3 Å². The number of para-hydroxylation sites is 1. The predicted molar refractivity (Wildman–Crippen MR) is 90.1 cm³/mol. The van der Waals surface area contributed by atoms with Crippen LogP contribution in [0.3, 0.4) is 0 Å². The summed E-state index contributed by atoms with van der Waals surface area (Å²) in [6.45, 7) is 0.654. The second kappa shape index (κ2) is 8.52. The third-order valence-electron chi connectivity index (χ3n) is 3.41. The van der Waals surface area contributed by atoms with E-state index in [1.807, 2.05) is 10.9 Å². The van der Waals surface area contributed by atoms with Gasteiger partial charge >= 0.3 is 5.97 Å². The Hall–Kier alpha value is -3.82. The highest BCUT2D eigenvalue weighted by Gasteiger charge is 2.24. The molecule has 0 atom stereocenters. The smallest absolute Gasteiger partial charge is 0.345 e. The average molecular weight is 375 g/mol. The number of nitrogens with zero attached hydrogens (tertiary/aromatic N) is 1. The van der Waals surface area contributed by atoms with E-state index in [1.54, 1.807) is 0 Å². The van der Waals surface area contributed by atoms with Crippen molar-refractivity contribution in [2.24, 2.45) is 0 Å². The largest absolute Gasteiger partial charge is 0.452 e. The fraction of sp³-hybridized carbons (Fsp3) is 0.118. The monoisotopic (exact) mass is 375 g/mol. The second-order valence-corrected chi connectivity index (χ2v) is 5.29. The average Bonchev–Trinajstić information content (AvgIpc) is 2.64. The first kappa shape index (κ1) is 19.5. The molecule has 0 fully saturated rings. The number of rotatable bonds is 5. The van der Waals surface area contributed by atoms with Crippen LogP contribution in [0.2, 0.25) is 0 Å². The summed E-state index contributed by atoms with van der Waals surface area (Å²) in [5.41, 5.74) is 3.16. The van der Waals surface area contributed by atoms with Gasteiger partial charge in [-0.3, -0.25) is 30.6 Å². The van der Waals surface area contributed by atoms with Crippen molar-refractivity contribution in [3.63, 3.8) is 0 Å². The summed E-state index contributed by atoms with van der Waals surface area (Å²) in [7, 11) is 0. The molecular weight excluding hydrogens is 361 g/mol. The van der Waals surface area contributed by atoms with Crippen LogP contribution in [0.5, 0.6) is 0 Å². The SMILES string of the molecule is Cc1cccc(C(=O)OCC(=O)NNC(=O)c2ccccc2F)c1[N+](=O)[O-]. The van der Waals surface area contributed by atoms with Crippen LogP contribution in [-0.2, 0) is 9.53 Å². The molecule has 2 amide bonds. The predicted octanol–water partition coefficient (Wildman–Crippen LogP) is 1.66. The minimum Gasteiger partial charge on any atom is -0.452 e. The minimum atomic E-state index is -1.07. The number of esters is 1. The van der Waals surface area contributed by atoms with Crippen molar-refractivity contribution >= 4 is 23.5 Å². The molecule has 0 saturated carbocycles. The molecule has 10 heteroatoms. The van der Waals surface area contributed by atoms with E-state index in [0.29, 0.717) is 0 Å². The molecule has 2 aromatic carbocycles. The summed E-state index contributed by atoms with van der Waals surface area (Å²) in [4.78, 5) is 45.7. The molecule has 0 spiro atoms. The van der Waals surface area contributed by atoms with Crippen LogP contribution >= 0.6 is 0 Å². The van der Waals surface area contributed by atoms with Crippen molar-refractivity contribution in [3.05, 3.63) is 75.1 Å². The molecule has 27 heavy (non-hydrogen) atoms. The molecule has 0 saturated heterocycles. The van der Waals surface area contributed by atoms with E-state index < -0.39 is 40.8 Å². The first-order chi connectivity index (χ1) is 12.8. The topological polar surface area (TPSA) is 128 Å². The van der Waals surface area contributed by atoms with Gasteiger partial charge in [-0.05, 0) is 25.1 Å². The van der Waals surface area contributed by atoms with Gasteiger partial charge in [0.05, 0.1) is 10.5 Å². The molecule has 0 aliphatic rings. The number of halogens is 1. The second-order valence-electron chi connectivity index (χ2n) is 5.29. The fourth-order valence-corrected chi connectivity index (χ4v) is 2.15. The van der Waals surface area contributed by atoms with Crippen LogP contribution in [0.25, 0.3) is 0 Å². The standard InChI is InChI=1S/C17H14FN3O6/c1-10-5-4-7-12(15(10)21(25)26)17(24)27-9-14(22)19-20-16(23)11-6-2-3-8-13(11)18/h2-8H,9H2,1H3,(H,19,22)(H,20,23). The number of ether oxygens (including phenoxy) is 1. The maximum atomic E-state index is 13.4. The van der Waals surface area contributed by atoms with Gasteiger partial charge in [-0.2, -0.15) is 0 Å². The molecule has 0 bridgehead atoms. The number of carbonyl (C=O) groups excluding carboxylic acids is 3. The number of hydrogen-bond donors (Lipinski definition) is 2. The van der Waals surface area contributed by atoms with Crippen LogP contribution in [0.15, 0.2) is 42.5 Å². The Kier molecular flexibility index (Phi) is 6.15. The minimum absolute atomic E-state index is 0.260. The van der Waals surface area contributed by atoms with E-state index in [1.165, 1.54) is 43.3 Å². The highest BCUT2D eigenvalue weighted by Crippen LogP contribution is 2.23. The lowest BCUT2D eigenvalue weighted by atomic mass is 10.1. The number of aryl methyl sites for hydroxylation is 1. The summed E-state index contributed by atoms with van der Waals surface area (Å²) in [6, 6.07) is 9.23. The summed E-state index contributed by atoms with van der Waals surface area (Å²) < 4.78 is 18.2. The Morgan fingerprint density at radius 1 is 1.07 bits per heavy atom. The maximum absolute atomic E-state index is 13.4. The Bertz CT molecular complexity index is 915. The molecule has 2 rings (SSSR count). The highest BCUT2D eigenvalue weighted by molar-refractivity contribution is 5.97. The van der Waals surface area contributed by atoms with E-state index in [0.717, 1.165) is 6.07 Å². The van der Waals surface area contributed by atoms with Crippen molar-refractivity contribution in [2.75, 3.05) is 6.61 Å². The number of benzene rings is 2. The Labute approximate surface area is 152 Å². The molecule has 0 unspecified atom stereocenters. The molecule has 0 radical (unpaired) electrons. The lowest BCUT2D eigenvalue weighted by Gasteiger charge is -2.09. The van der Waals surface area contributed by atoms with Crippen molar-refractivity contribution in [1.29, 1.82) is 0 Å². The summed E-state index contributed by atoms with van der Waals surface area (Å²) in [5.74, 6) is -3.66. The number of hydrogen-bond acceptors (Lipinski definition) is 6. The number of amides is 2. The molecule has 0 aliphatic heterocycles. The van der Waals surface area contributed by atoms with Crippen LogP contribution in [0.1, 0.15) is 26.3 Å². The molecular formula is C17H14FN3O6. The van der Waals surface area contributed by atoms with Gasteiger partial charge in [0.15, 0.2) is 6.61 Å². The van der Waals surface area contributed by atoms with Crippen molar-refractivity contribution in [2.45, 2.75) is 6.92 Å². The molecule has 140 valence electrons. The fourth-order valence-electron chi connectivity index (χ4n) is 2.15. The van der Waals surface area contributed by atoms with Gasteiger partial charge in [0.1, 0.15) is 11.4 Å². The Morgan fingerprint density at radius 2 is 1.74 bits per heavy atom. The molecule has 0 heterocycles. The van der Waals surface area contributed by atoms with E-state index >= 15 is 0 Å². The van der Waals surface area contributed by atoms with Crippen LogP contribution < -0.4 is 10.9 Å². The first-order valence-electron chi connectivity index (χ1n) is 7.56. The van der Waals surface area contributed by atoms with Crippen molar-refractivity contribution in [3.8, 4) is 0 Å². The Morgan fingerprint density at radius 3 is 2.41 bits per heavy atom. The normalized spacial score (nSPS) is 10.0. The molecule has 0 aliphatic carbocycles. The maximum Gasteiger partial charge on any atom is 0.345 e. The van der Waals surface area contributed by atoms with Gasteiger partial charge < -0.3 is 4.74 Å². The van der Waals surface area contributed by atoms with Crippen molar-refractivity contribution in [1.82, 2.24) is 10.9 Å². The Balaban J connectivity index is 1.92. The molecule has 9 nitrogen and oxygen atoms in total. The molecule has 2 N–H and O–H groups in total. The number of carbonyl (C=O) groups is 3. The number of hydrazine groups is 1. The van der Waals surface area contributed by atoms with Crippen LogP contribution in [0.4, 0.5) is 10.1 Å². The van der Waals surface area contributed by atoms with Gasteiger partial charge in [0.2, 0.25) is 0 Å². The van der Waals surface area contributed by atoms with E-state index in [-0.39, 0.29) is 16.7 Å². The highest BCUT2D eigenvalue weighted by atomic mass is 19.1. The van der Waals surface area contributed by atoms with Crippen LogP contribution in [0, 0.1) is 22.9 Å². The lowest BCUT2D eigenvalue weighted by molar-refractivity contribution is -0.385. The van der Waals surface area contributed by atoms with E-state index in [9.17, 15) is 28.9 Å². The quantitative estimate of drug-likeness (QED) is 0.465. The van der Waals surface area contributed by atoms with Gasteiger partial charge in [0.25, 0.3) is 17.5 Å². The summed E-state index contributed by atoms with van der Waals surface area (Å²) in [5, 5.41) is 11.1. The van der Waals surface area contributed by atoms with Crippen molar-refractivity contribution < 1.29 is 28.4 Å². The van der Waals surface area contributed by atoms with Gasteiger partial charge in [-0.25, -0.2) is 9.18 Å². The van der Waals surface area contributed by atoms with E-state index in [4.69, 9.17) is 4.74 Å². The number of nitrogens with one attached hydrogen (secondary N) is 2. The zero-order valence-electron chi connectivity index (χ0n) is 14.0. The van der Waals surface area contributed by atoms with E-state index in [2.05, 4.69) is 0 Å². The van der Waals surface area contributed by atoms with Gasteiger partial charge in [-0.15, -0.1) is 0 Å². The zero-order chi connectivity index (χ0) is 20.0.